The lowest BCUT2D eigenvalue weighted by Gasteiger charge is -2.11. The van der Waals surface area contributed by atoms with Gasteiger partial charge in [-0.05, 0) is 106 Å². The SMILES string of the molecule is COc1c(Br)cc(C/C(=N/O)C(=O)NCCc2cc(Br)c(O)c(Br)c2)cc1Br. The second-order valence-corrected chi connectivity index (χ2v) is 9.15. The van der Waals surface area contributed by atoms with E-state index in [9.17, 15) is 15.1 Å². The molecule has 28 heavy (non-hydrogen) atoms. The quantitative estimate of drug-likeness (QED) is 0.220. The topological polar surface area (TPSA) is 91.2 Å². The van der Waals surface area contributed by atoms with Gasteiger partial charge < -0.3 is 20.4 Å². The van der Waals surface area contributed by atoms with Crippen LogP contribution in [0.15, 0.2) is 47.3 Å². The van der Waals surface area contributed by atoms with Crippen LogP contribution < -0.4 is 10.1 Å². The van der Waals surface area contributed by atoms with Crippen molar-refractivity contribution in [2.24, 2.45) is 5.16 Å². The van der Waals surface area contributed by atoms with Crippen LogP contribution >= 0.6 is 63.7 Å². The van der Waals surface area contributed by atoms with Crippen molar-refractivity contribution in [3.63, 3.8) is 0 Å². The Bertz CT molecular complexity index is 872. The van der Waals surface area contributed by atoms with Crippen LogP contribution in [-0.4, -0.2) is 35.6 Å². The summed E-state index contributed by atoms with van der Waals surface area (Å²) in [5, 5.41) is 24.9. The standard InChI is InChI=1S/C18H16Br4N2O4/c1-28-17-13(21)6-10(7-14(17)22)8-15(24-27)18(26)23-3-2-9-4-11(19)16(25)12(20)5-9/h4-7,25,27H,2-3,8H2,1H3,(H,23,26)/b24-15-. The van der Waals surface area contributed by atoms with Gasteiger partial charge in [-0.2, -0.15) is 0 Å². The largest absolute Gasteiger partial charge is 0.506 e. The van der Waals surface area contributed by atoms with Gasteiger partial charge in [0.2, 0.25) is 0 Å². The van der Waals surface area contributed by atoms with Crippen molar-refractivity contribution in [2.45, 2.75) is 12.8 Å². The highest BCUT2D eigenvalue weighted by atomic mass is 79.9. The molecule has 0 atom stereocenters. The molecule has 0 aliphatic carbocycles. The van der Waals surface area contributed by atoms with E-state index in [2.05, 4.69) is 74.2 Å². The molecule has 10 heteroatoms. The summed E-state index contributed by atoms with van der Waals surface area (Å²) in [5.74, 6) is 0.309. The molecule has 0 aliphatic heterocycles. The van der Waals surface area contributed by atoms with Crippen molar-refractivity contribution in [1.29, 1.82) is 0 Å². The van der Waals surface area contributed by atoms with Crippen LogP contribution in [0.25, 0.3) is 0 Å². The summed E-state index contributed by atoms with van der Waals surface area (Å²) < 4.78 is 7.83. The molecule has 0 aromatic heterocycles. The molecule has 1 amide bonds. The van der Waals surface area contributed by atoms with E-state index in [1.54, 1.807) is 31.4 Å². The molecule has 0 radical (unpaired) electrons. The Labute approximate surface area is 195 Å². The molecule has 0 fully saturated rings. The van der Waals surface area contributed by atoms with Crippen LogP contribution in [-0.2, 0) is 17.6 Å². The molecule has 2 aromatic rings. The zero-order chi connectivity index (χ0) is 20.8. The van der Waals surface area contributed by atoms with E-state index < -0.39 is 5.91 Å². The van der Waals surface area contributed by atoms with Gasteiger partial charge >= 0.3 is 0 Å². The Morgan fingerprint density at radius 1 is 1.04 bits per heavy atom. The van der Waals surface area contributed by atoms with Gasteiger partial charge in [0.15, 0.2) is 0 Å². The molecular formula is C18H16Br4N2O4. The Kier molecular flexibility index (Phi) is 8.79. The van der Waals surface area contributed by atoms with E-state index >= 15 is 0 Å². The summed E-state index contributed by atoms with van der Waals surface area (Å²) in [4.78, 5) is 12.3. The van der Waals surface area contributed by atoms with Crippen LogP contribution in [0.2, 0.25) is 0 Å². The number of carbonyl (C=O) groups excluding carboxylic acids is 1. The summed E-state index contributed by atoms with van der Waals surface area (Å²) in [5.41, 5.74) is 1.69. The summed E-state index contributed by atoms with van der Waals surface area (Å²) in [6.07, 6.45) is 0.696. The fourth-order valence-corrected chi connectivity index (χ4v) is 5.33. The first kappa shape index (κ1) is 23.2. The summed E-state index contributed by atoms with van der Waals surface area (Å²) in [6.45, 7) is 0.345. The fraction of sp³-hybridized carbons (Fsp3) is 0.222. The van der Waals surface area contributed by atoms with Crippen molar-refractivity contribution in [3.05, 3.63) is 53.3 Å². The number of amides is 1. The molecule has 3 N–H and O–H groups in total. The monoisotopic (exact) mass is 640 g/mol. The van der Waals surface area contributed by atoms with Crippen LogP contribution in [0, 0.1) is 0 Å². The van der Waals surface area contributed by atoms with E-state index in [0.29, 0.717) is 27.7 Å². The summed E-state index contributed by atoms with van der Waals surface area (Å²) in [6, 6.07) is 7.15. The van der Waals surface area contributed by atoms with Crippen LogP contribution in [0.3, 0.4) is 0 Å². The molecule has 0 unspecified atom stereocenters. The molecule has 0 bridgehead atoms. The Hall–Kier alpha value is -1.10. The van der Waals surface area contributed by atoms with Gasteiger partial charge in [-0.3, -0.25) is 4.79 Å². The van der Waals surface area contributed by atoms with Crippen LogP contribution in [0.4, 0.5) is 0 Å². The van der Waals surface area contributed by atoms with Gasteiger partial charge in [-0.1, -0.05) is 5.16 Å². The van der Waals surface area contributed by atoms with E-state index in [1.165, 1.54) is 0 Å². The van der Waals surface area contributed by atoms with Crippen molar-refractivity contribution in [1.82, 2.24) is 5.32 Å². The number of benzene rings is 2. The molecule has 0 aliphatic rings. The highest BCUT2D eigenvalue weighted by Gasteiger charge is 2.16. The highest BCUT2D eigenvalue weighted by molar-refractivity contribution is 9.11. The molecule has 0 saturated heterocycles. The minimum absolute atomic E-state index is 0.00275. The zero-order valence-electron chi connectivity index (χ0n) is 14.6. The Morgan fingerprint density at radius 3 is 2.07 bits per heavy atom. The Balaban J connectivity index is 1.99. The number of phenolic OH excluding ortho intramolecular Hbond substituents is 1. The number of aromatic hydroxyl groups is 1. The van der Waals surface area contributed by atoms with Crippen molar-refractivity contribution in [2.75, 3.05) is 13.7 Å². The smallest absolute Gasteiger partial charge is 0.269 e. The first-order chi connectivity index (χ1) is 13.3. The number of nitrogens with zero attached hydrogens (tertiary/aromatic N) is 1. The van der Waals surface area contributed by atoms with Gasteiger partial charge in [0.05, 0.1) is 25.0 Å². The molecule has 2 aromatic carbocycles. The zero-order valence-corrected chi connectivity index (χ0v) is 20.9. The third-order valence-electron chi connectivity index (χ3n) is 3.79. The third-order valence-corrected chi connectivity index (χ3v) is 6.18. The number of rotatable bonds is 7. The van der Waals surface area contributed by atoms with Crippen molar-refractivity contribution < 1.29 is 19.8 Å². The third kappa shape index (κ3) is 5.95. The van der Waals surface area contributed by atoms with E-state index in [4.69, 9.17) is 4.74 Å². The molecule has 0 spiro atoms. The highest BCUT2D eigenvalue weighted by Crippen LogP contribution is 2.35. The lowest BCUT2D eigenvalue weighted by Crippen LogP contribution is -2.33. The normalized spacial score (nSPS) is 11.4. The average Bonchev–Trinajstić information content (AvgIpc) is 2.63. The van der Waals surface area contributed by atoms with Gasteiger partial charge in [-0.25, -0.2) is 0 Å². The first-order valence-electron chi connectivity index (χ1n) is 7.94. The molecular weight excluding hydrogens is 628 g/mol. The number of methoxy groups -OCH3 is 1. The van der Waals surface area contributed by atoms with E-state index in [1.807, 2.05) is 0 Å². The molecule has 6 nitrogen and oxygen atoms in total. The second-order valence-electron chi connectivity index (χ2n) is 5.73. The number of oxime groups is 1. The molecule has 150 valence electrons. The van der Waals surface area contributed by atoms with Gasteiger partial charge in [0, 0.05) is 13.0 Å². The van der Waals surface area contributed by atoms with Gasteiger partial charge in [0.1, 0.15) is 17.2 Å². The number of hydrogen-bond acceptors (Lipinski definition) is 5. The van der Waals surface area contributed by atoms with Gasteiger partial charge in [-0.15, -0.1) is 0 Å². The average molecular weight is 644 g/mol. The summed E-state index contributed by atoms with van der Waals surface area (Å²) >= 11 is 13.4. The maximum absolute atomic E-state index is 12.3. The predicted molar refractivity (Wildman–Crippen MR) is 122 cm³/mol. The number of nitrogens with one attached hydrogen (secondary N) is 1. The fourth-order valence-electron chi connectivity index (χ4n) is 2.45. The predicted octanol–water partition coefficient (Wildman–Crippen LogP) is 5.18. The number of phenols is 1. The maximum Gasteiger partial charge on any atom is 0.269 e. The Morgan fingerprint density at radius 2 is 1.57 bits per heavy atom. The van der Waals surface area contributed by atoms with Crippen molar-refractivity contribution >= 4 is 75.3 Å². The lowest BCUT2D eigenvalue weighted by atomic mass is 10.1. The molecule has 0 saturated carbocycles. The summed E-state index contributed by atoms with van der Waals surface area (Å²) in [7, 11) is 1.56. The van der Waals surface area contributed by atoms with Gasteiger partial charge in [0.25, 0.3) is 5.91 Å². The second kappa shape index (κ2) is 10.6. The van der Waals surface area contributed by atoms with Crippen LogP contribution in [0.1, 0.15) is 11.1 Å². The van der Waals surface area contributed by atoms with E-state index in [0.717, 1.165) is 20.1 Å². The minimum atomic E-state index is -0.456. The van der Waals surface area contributed by atoms with Crippen molar-refractivity contribution in [3.8, 4) is 11.5 Å². The lowest BCUT2D eigenvalue weighted by molar-refractivity contribution is -0.115. The van der Waals surface area contributed by atoms with E-state index in [-0.39, 0.29) is 17.9 Å². The minimum Gasteiger partial charge on any atom is -0.506 e. The van der Waals surface area contributed by atoms with Crippen LogP contribution in [0.5, 0.6) is 11.5 Å². The number of ether oxygens (including phenoxy) is 1. The molecule has 0 heterocycles. The number of halogens is 4. The maximum atomic E-state index is 12.3. The number of carbonyl (C=O) groups is 1. The first-order valence-corrected chi connectivity index (χ1v) is 11.1. The number of hydrogen-bond donors (Lipinski definition) is 3. The molecule has 2 rings (SSSR count).